The number of rotatable bonds is 5. The molecule has 3 heteroatoms. The molecule has 19 heavy (non-hydrogen) atoms. The van der Waals surface area contributed by atoms with Gasteiger partial charge in [0.15, 0.2) is 0 Å². The molecule has 0 bridgehead atoms. The first-order valence-electron chi connectivity index (χ1n) is 7.26. The molecule has 1 aromatic carbocycles. The molecule has 1 aliphatic rings. The van der Waals surface area contributed by atoms with Gasteiger partial charge in [-0.3, -0.25) is 4.79 Å². The lowest BCUT2D eigenvalue weighted by atomic mass is 9.97. The van der Waals surface area contributed by atoms with Gasteiger partial charge in [0.2, 0.25) is 5.91 Å². The predicted octanol–water partition coefficient (Wildman–Crippen LogP) is 2.42. The highest BCUT2D eigenvalue weighted by atomic mass is 16.1. The van der Waals surface area contributed by atoms with Crippen LogP contribution < -0.4 is 11.1 Å². The third-order valence-electron chi connectivity index (χ3n) is 4.15. The molecule has 3 nitrogen and oxygen atoms in total. The van der Waals surface area contributed by atoms with Crippen molar-refractivity contribution in [2.75, 3.05) is 6.54 Å². The van der Waals surface area contributed by atoms with Crippen LogP contribution in [0.1, 0.15) is 44.1 Å². The van der Waals surface area contributed by atoms with Gasteiger partial charge in [-0.15, -0.1) is 0 Å². The van der Waals surface area contributed by atoms with Crippen LogP contribution in [0.4, 0.5) is 0 Å². The van der Waals surface area contributed by atoms with Crippen molar-refractivity contribution >= 4 is 5.91 Å². The molecule has 1 amide bonds. The van der Waals surface area contributed by atoms with Gasteiger partial charge in [-0.1, -0.05) is 43.7 Å². The maximum absolute atomic E-state index is 12.0. The van der Waals surface area contributed by atoms with E-state index in [0.717, 1.165) is 32.2 Å². The minimum Gasteiger partial charge on any atom is -0.356 e. The Bertz CT molecular complexity index is 404. The van der Waals surface area contributed by atoms with Gasteiger partial charge in [-0.2, -0.15) is 0 Å². The molecule has 1 aromatic rings. The van der Waals surface area contributed by atoms with Gasteiger partial charge in [-0.05, 0) is 30.7 Å². The van der Waals surface area contributed by atoms with Gasteiger partial charge in [0, 0.05) is 12.6 Å². The fourth-order valence-corrected chi connectivity index (χ4v) is 2.81. The molecule has 1 fully saturated rings. The number of benzene rings is 1. The van der Waals surface area contributed by atoms with Crippen LogP contribution in [0.15, 0.2) is 30.3 Å². The van der Waals surface area contributed by atoms with Gasteiger partial charge in [0.1, 0.15) is 0 Å². The van der Waals surface area contributed by atoms with Gasteiger partial charge in [-0.25, -0.2) is 0 Å². The van der Waals surface area contributed by atoms with Gasteiger partial charge >= 0.3 is 0 Å². The fourth-order valence-electron chi connectivity index (χ4n) is 2.81. The highest BCUT2D eigenvalue weighted by Crippen LogP contribution is 2.24. The Morgan fingerprint density at radius 2 is 2.11 bits per heavy atom. The second-order valence-electron chi connectivity index (χ2n) is 5.59. The SMILES string of the molecule is CC(CCNC(=O)C1CCCC1N)c1ccccc1. The van der Waals surface area contributed by atoms with Crippen LogP contribution in [-0.4, -0.2) is 18.5 Å². The van der Waals surface area contributed by atoms with E-state index in [1.54, 1.807) is 0 Å². The Kier molecular flexibility index (Phi) is 4.97. The van der Waals surface area contributed by atoms with E-state index in [9.17, 15) is 4.79 Å². The summed E-state index contributed by atoms with van der Waals surface area (Å²) >= 11 is 0. The zero-order valence-corrected chi connectivity index (χ0v) is 11.6. The molecule has 0 spiro atoms. The summed E-state index contributed by atoms with van der Waals surface area (Å²) in [6, 6.07) is 10.5. The van der Waals surface area contributed by atoms with E-state index < -0.39 is 0 Å². The summed E-state index contributed by atoms with van der Waals surface area (Å²) in [6.07, 6.45) is 3.98. The molecule has 0 radical (unpaired) electrons. The lowest BCUT2D eigenvalue weighted by Gasteiger charge is -2.17. The predicted molar refractivity (Wildman–Crippen MR) is 77.8 cm³/mol. The van der Waals surface area contributed by atoms with Crippen molar-refractivity contribution in [1.82, 2.24) is 5.32 Å². The van der Waals surface area contributed by atoms with Crippen LogP contribution in [0.2, 0.25) is 0 Å². The highest BCUT2D eigenvalue weighted by Gasteiger charge is 2.29. The zero-order valence-electron chi connectivity index (χ0n) is 11.6. The molecule has 0 aliphatic heterocycles. The average Bonchev–Trinajstić information content (AvgIpc) is 2.86. The highest BCUT2D eigenvalue weighted by molar-refractivity contribution is 5.79. The Balaban J connectivity index is 1.73. The minimum absolute atomic E-state index is 0.0343. The molecule has 2 rings (SSSR count). The maximum atomic E-state index is 12.0. The second-order valence-corrected chi connectivity index (χ2v) is 5.59. The summed E-state index contributed by atoms with van der Waals surface area (Å²) < 4.78 is 0. The number of nitrogens with one attached hydrogen (secondary N) is 1. The molecule has 3 N–H and O–H groups in total. The summed E-state index contributed by atoms with van der Waals surface area (Å²) in [6.45, 7) is 2.93. The van der Waals surface area contributed by atoms with Crippen LogP contribution in [0, 0.1) is 5.92 Å². The lowest BCUT2D eigenvalue weighted by molar-refractivity contribution is -0.125. The Hall–Kier alpha value is -1.35. The average molecular weight is 260 g/mol. The largest absolute Gasteiger partial charge is 0.356 e. The molecular formula is C16H24N2O. The first kappa shape index (κ1) is 14.1. The molecular weight excluding hydrogens is 236 g/mol. The van der Waals surface area contributed by atoms with Crippen molar-refractivity contribution in [3.8, 4) is 0 Å². The summed E-state index contributed by atoms with van der Waals surface area (Å²) in [4.78, 5) is 12.0. The van der Waals surface area contributed by atoms with Crippen molar-refractivity contribution in [1.29, 1.82) is 0 Å². The van der Waals surface area contributed by atoms with E-state index in [-0.39, 0.29) is 17.9 Å². The number of nitrogens with two attached hydrogens (primary N) is 1. The van der Waals surface area contributed by atoms with Crippen molar-refractivity contribution < 1.29 is 4.79 Å². The van der Waals surface area contributed by atoms with E-state index in [1.807, 2.05) is 6.07 Å². The van der Waals surface area contributed by atoms with Crippen LogP contribution >= 0.6 is 0 Å². The summed E-state index contributed by atoms with van der Waals surface area (Å²) in [5.41, 5.74) is 7.27. The van der Waals surface area contributed by atoms with E-state index in [4.69, 9.17) is 5.73 Å². The summed E-state index contributed by atoms with van der Waals surface area (Å²) in [5, 5.41) is 3.04. The van der Waals surface area contributed by atoms with Crippen molar-refractivity contribution in [3.05, 3.63) is 35.9 Å². The smallest absolute Gasteiger partial charge is 0.224 e. The monoisotopic (exact) mass is 260 g/mol. The molecule has 0 saturated heterocycles. The lowest BCUT2D eigenvalue weighted by Crippen LogP contribution is -2.39. The Morgan fingerprint density at radius 1 is 1.37 bits per heavy atom. The summed E-state index contributed by atoms with van der Waals surface area (Å²) in [7, 11) is 0. The minimum atomic E-state index is 0.0343. The Labute approximate surface area is 115 Å². The number of amides is 1. The van der Waals surface area contributed by atoms with Crippen molar-refractivity contribution in [3.63, 3.8) is 0 Å². The van der Waals surface area contributed by atoms with Gasteiger partial charge in [0.25, 0.3) is 0 Å². The van der Waals surface area contributed by atoms with E-state index >= 15 is 0 Å². The van der Waals surface area contributed by atoms with Crippen molar-refractivity contribution in [2.24, 2.45) is 11.7 Å². The molecule has 0 heterocycles. The zero-order chi connectivity index (χ0) is 13.7. The van der Waals surface area contributed by atoms with Crippen LogP contribution in [0.3, 0.4) is 0 Å². The molecule has 104 valence electrons. The van der Waals surface area contributed by atoms with Gasteiger partial charge in [0.05, 0.1) is 5.92 Å². The third kappa shape index (κ3) is 3.80. The molecule has 0 aromatic heterocycles. The second kappa shape index (κ2) is 6.71. The maximum Gasteiger partial charge on any atom is 0.224 e. The standard InChI is InChI=1S/C16H24N2O/c1-12(13-6-3-2-4-7-13)10-11-18-16(19)14-8-5-9-15(14)17/h2-4,6-7,12,14-15H,5,8-11,17H2,1H3,(H,18,19). The molecule has 1 saturated carbocycles. The molecule has 3 unspecified atom stereocenters. The van der Waals surface area contributed by atoms with E-state index in [0.29, 0.717) is 5.92 Å². The summed E-state index contributed by atoms with van der Waals surface area (Å²) in [5.74, 6) is 0.649. The normalized spacial score (nSPS) is 24.1. The topological polar surface area (TPSA) is 55.1 Å². The van der Waals surface area contributed by atoms with Crippen molar-refractivity contribution in [2.45, 2.75) is 44.6 Å². The number of carbonyl (C=O) groups is 1. The van der Waals surface area contributed by atoms with Crippen LogP contribution in [0.25, 0.3) is 0 Å². The molecule has 3 atom stereocenters. The van der Waals surface area contributed by atoms with Gasteiger partial charge < -0.3 is 11.1 Å². The van der Waals surface area contributed by atoms with E-state index in [1.165, 1.54) is 5.56 Å². The quantitative estimate of drug-likeness (QED) is 0.854. The first-order valence-corrected chi connectivity index (χ1v) is 7.26. The third-order valence-corrected chi connectivity index (χ3v) is 4.15. The van der Waals surface area contributed by atoms with Crippen LogP contribution in [0.5, 0.6) is 0 Å². The van der Waals surface area contributed by atoms with Crippen LogP contribution in [-0.2, 0) is 4.79 Å². The Morgan fingerprint density at radius 3 is 2.74 bits per heavy atom. The number of hydrogen-bond acceptors (Lipinski definition) is 2. The number of carbonyl (C=O) groups excluding carboxylic acids is 1. The van der Waals surface area contributed by atoms with E-state index in [2.05, 4.69) is 36.5 Å². The number of hydrogen-bond donors (Lipinski definition) is 2. The fraction of sp³-hybridized carbons (Fsp3) is 0.562. The first-order chi connectivity index (χ1) is 9.18. The molecule has 1 aliphatic carbocycles.